The summed E-state index contributed by atoms with van der Waals surface area (Å²) in [6.07, 6.45) is 0. The molecule has 2 heterocycles. The molecule has 1 atom stereocenters. The van der Waals surface area contributed by atoms with Crippen molar-refractivity contribution in [2.45, 2.75) is 13.0 Å². The van der Waals surface area contributed by atoms with E-state index in [1.54, 1.807) is 13.2 Å². The molecule has 0 aliphatic carbocycles. The molecule has 26 heavy (non-hydrogen) atoms. The Morgan fingerprint density at radius 3 is 2.73 bits per heavy atom. The lowest BCUT2D eigenvalue weighted by atomic mass is 10.1. The number of carbonyl (C=O) groups excluding carboxylic acids is 1. The molecule has 1 amide bonds. The highest BCUT2D eigenvalue weighted by Crippen LogP contribution is 2.24. The summed E-state index contributed by atoms with van der Waals surface area (Å²) in [4.78, 5) is 17.0. The minimum absolute atomic E-state index is 0.240. The molecule has 0 saturated heterocycles. The van der Waals surface area contributed by atoms with E-state index in [4.69, 9.17) is 9.15 Å². The summed E-state index contributed by atoms with van der Waals surface area (Å²) in [5.41, 5.74) is 1.92. The number of hydrogen-bond donors (Lipinski definition) is 1. The Hall–Kier alpha value is -3.34. The minimum atomic E-state index is -0.261. The summed E-state index contributed by atoms with van der Waals surface area (Å²) in [6, 6.07) is 18.6. The molecule has 0 bridgehead atoms. The molecule has 4 aromatic rings. The monoisotopic (exact) mass is 346 g/mol. The van der Waals surface area contributed by atoms with E-state index in [2.05, 4.69) is 10.3 Å². The number of nitrogens with zero attached hydrogens (tertiary/aromatic N) is 1. The van der Waals surface area contributed by atoms with Gasteiger partial charge in [0, 0.05) is 10.8 Å². The first kappa shape index (κ1) is 16.1. The van der Waals surface area contributed by atoms with Gasteiger partial charge < -0.3 is 14.5 Å². The fraction of sp³-hybridized carbons (Fsp3) is 0.143. The molecule has 0 spiro atoms. The SMILES string of the molecule is COc1ccc2nc(C(=O)NC(C)c3cc4ccccc4o3)ccc2c1. The van der Waals surface area contributed by atoms with Crippen molar-refractivity contribution in [1.29, 1.82) is 0 Å². The zero-order chi connectivity index (χ0) is 18.1. The number of rotatable bonds is 4. The molecule has 2 aromatic heterocycles. The van der Waals surface area contributed by atoms with Crippen LogP contribution in [0.25, 0.3) is 21.9 Å². The molecule has 0 aliphatic rings. The van der Waals surface area contributed by atoms with Crippen LogP contribution in [0.5, 0.6) is 5.75 Å². The van der Waals surface area contributed by atoms with E-state index in [-0.39, 0.29) is 11.9 Å². The van der Waals surface area contributed by atoms with Crippen molar-refractivity contribution in [2.24, 2.45) is 0 Å². The van der Waals surface area contributed by atoms with Gasteiger partial charge in [0.25, 0.3) is 5.91 Å². The molecule has 1 N–H and O–H groups in total. The van der Waals surface area contributed by atoms with Crippen molar-refractivity contribution in [3.63, 3.8) is 0 Å². The highest BCUT2D eigenvalue weighted by molar-refractivity contribution is 5.95. The van der Waals surface area contributed by atoms with Crippen LogP contribution in [0.1, 0.15) is 29.2 Å². The number of para-hydroxylation sites is 1. The summed E-state index contributed by atoms with van der Waals surface area (Å²) in [5.74, 6) is 1.23. The van der Waals surface area contributed by atoms with Crippen molar-refractivity contribution in [3.8, 4) is 5.75 Å². The quantitative estimate of drug-likeness (QED) is 0.592. The van der Waals surface area contributed by atoms with Crippen LogP contribution in [0.15, 0.2) is 65.1 Å². The second-order valence-electron chi connectivity index (χ2n) is 6.14. The van der Waals surface area contributed by atoms with Gasteiger partial charge in [0.1, 0.15) is 22.8 Å². The van der Waals surface area contributed by atoms with Crippen LogP contribution in [0, 0.1) is 0 Å². The number of benzene rings is 2. The summed E-state index contributed by atoms with van der Waals surface area (Å²) in [6.45, 7) is 1.89. The van der Waals surface area contributed by atoms with E-state index in [1.165, 1.54) is 0 Å². The average molecular weight is 346 g/mol. The summed E-state index contributed by atoms with van der Waals surface area (Å²) in [5, 5.41) is 4.88. The average Bonchev–Trinajstić information content (AvgIpc) is 3.11. The third-order valence-corrected chi connectivity index (χ3v) is 4.35. The first-order chi connectivity index (χ1) is 12.6. The lowest BCUT2D eigenvalue weighted by Crippen LogP contribution is -2.27. The van der Waals surface area contributed by atoms with Crippen molar-refractivity contribution >= 4 is 27.8 Å². The van der Waals surface area contributed by atoms with E-state index < -0.39 is 0 Å². The first-order valence-corrected chi connectivity index (χ1v) is 8.38. The van der Waals surface area contributed by atoms with Gasteiger partial charge in [-0.1, -0.05) is 24.3 Å². The Morgan fingerprint density at radius 2 is 1.92 bits per heavy atom. The smallest absolute Gasteiger partial charge is 0.270 e. The van der Waals surface area contributed by atoms with Crippen LogP contribution >= 0.6 is 0 Å². The number of aromatic nitrogens is 1. The molecule has 0 fully saturated rings. The Bertz CT molecular complexity index is 1070. The summed E-state index contributed by atoms with van der Waals surface area (Å²) in [7, 11) is 1.62. The molecule has 0 aliphatic heterocycles. The van der Waals surface area contributed by atoms with Gasteiger partial charge in [-0.05, 0) is 43.3 Å². The number of fused-ring (bicyclic) bond motifs is 2. The van der Waals surface area contributed by atoms with Crippen molar-refractivity contribution < 1.29 is 13.9 Å². The number of pyridine rings is 1. The van der Waals surface area contributed by atoms with Crippen LogP contribution in [-0.4, -0.2) is 18.0 Å². The number of methoxy groups -OCH3 is 1. The number of nitrogens with one attached hydrogen (secondary N) is 1. The van der Waals surface area contributed by atoms with E-state index >= 15 is 0 Å². The first-order valence-electron chi connectivity index (χ1n) is 8.38. The van der Waals surface area contributed by atoms with Crippen molar-refractivity contribution in [1.82, 2.24) is 10.3 Å². The summed E-state index contributed by atoms with van der Waals surface area (Å²) < 4.78 is 11.0. The van der Waals surface area contributed by atoms with Crippen LogP contribution < -0.4 is 10.1 Å². The van der Waals surface area contributed by atoms with Crippen LogP contribution in [0.4, 0.5) is 0 Å². The maximum absolute atomic E-state index is 12.6. The van der Waals surface area contributed by atoms with Gasteiger partial charge >= 0.3 is 0 Å². The molecular formula is C21H18N2O3. The van der Waals surface area contributed by atoms with Gasteiger partial charge in [-0.2, -0.15) is 0 Å². The molecule has 0 saturated carbocycles. The largest absolute Gasteiger partial charge is 0.497 e. The molecule has 130 valence electrons. The van der Waals surface area contributed by atoms with Gasteiger partial charge in [-0.3, -0.25) is 4.79 Å². The van der Waals surface area contributed by atoms with Gasteiger partial charge in [0.2, 0.25) is 0 Å². The second-order valence-corrected chi connectivity index (χ2v) is 6.14. The normalized spacial score (nSPS) is 12.2. The lowest BCUT2D eigenvalue weighted by Gasteiger charge is -2.11. The van der Waals surface area contributed by atoms with Crippen molar-refractivity contribution in [3.05, 3.63) is 72.1 Å². The van der Waals surface area contributed by atoms with E-state index in [0.29, 0.717) is 11.5 Å². The molecule has 2 aromatic carbocycles. The van der Waals surface area contributed by atoms with E-state index in [9.17, 15) is 4.79 Å². The van der Waals surface area contributed by atoms with Crippen LogP contribution in [-0.2, 0) is 0 Å². The highest BCUT2D eigenvalue weighted by atomic mass is 16.5. The third-order valence-electron chi connectivity index (χ3n) is 4.35. The predicted molar refractivity (Wildman–Crippen MR) is 100 cm³/mol. The van der Waals surface area contributed by atoms with Crippen LogP contribution in [0.3, 0.4) is 0 Å². The van der Waals surface area contributed by atoms with Gasteiger partial charge in [-0.25, -0.2) is 4.98 Å². The standard InChI is InChI=1S/C21H18N2O3/c1-13(20-12-15-5-3-4-6-19(15)26-20)22-21(24)18-9-7-14-11-16(25-2)8-10-17(14)23-18/h3-13H,1-2H3,(H,22,24). The Kier molecular flexibility index (Phi) is 4.05. The molecule has 5 nitrogen and oxygen atoms in total. The topological polar surface area (TPSA) is 64.4 Å². The zero-order valence-corrected chi connectivity index (χ0v) is 14.5. The lowest BCUT2D eigenvalue weighted by molar-refractivity contribution is 0.0931. The Labute approximate surface area is 150 Å². The predicted octanol–water partition coefficient (Wildman–Crippen LogP) is 4.48. The molecule has 4 rings (SSSR count). The second kappa shape index (κ2) is 6.52. The van der Waals surface area contributed by atoms with E-state index in [1.807, 2.05) is 61.5 Å². The number of amides is 1. The molecule has 5 heteroatoms. The third kappa shape index (κ3) is 2.99. The number of hydrogen-bond acceptors (Lipinski definition) is 4. The number of carbonyl (C=O) groups is 1. The fourth-order valence-corrected chi connectivity index (χ4v) is 2.91. The maximum Gasteiger partial charge on any atom is 0.270 e. The van der Waals surface area contributed by atoms with Crippen LogP contribution in [0.2, 0.25) is 0 Å². The molecule has 1 unspecified atom stereocenters. The summed E-state index contributed by atoms with van der Waals surface area (Å²) >= 11 is 0. The van der Waals surface area contributed by atoms with Crippen molar-refractivity contribution in [2.75, 3.05) is 7.11 Å². The fourth-order valence-electron chi connectivity index (χ4n) is 2.91. The van der Waals surface area contributed by atoms with Gasteiger partial charge in [0.15, 0.2) is 0 Å². The Balaban J connectivity index is 1.56. The van der Waals surface area contributed by atoms with E-state index in [0.717, 1.165) is 27.6 Å². The number of ether oxygens (including phenoxy) is 1. The number of furan rings is 1. The van der Waals surface area contributed by atoms with Gasteiger partial charge in [-0.15, -0.1) is 0 Å². The molecular weight excluding hydrogens is 328 g/mol. The van der Waals surface area contributed by atoms with Gasteiger partial charge in [0.05, 0.1) is 18.7 Å². The maximum atomic E-state index is 12.6. The molecule has 0 radical (unpaired) electrons. The minimum Gasteiger partial charge on any atom is -0.497 e. The zero-order valence-electron chi connectivity index (χ0n) is 14.5. The Morgan fingerprint density at radius 1 is 1.08 bits per heavy atom. The highest BCUT2D eigenvalue weighted by Gasteiger charge is 2.16.